The second kappa shape index (κ2) is 6.78. The van der Waals surface area contributed by atoms with Gasteiger partial charge >= 0.3 is 0 Å². The van der Waals surface area contributed by atoms with E-state index in [-0.39, 0.29) is 5.91 Å². The maximum Gasteiger partial charge on any atom is 0.257 e. The average Bonchev–Trinajstić information content (AvgIpc) is 3.28. The van der Waals surface area contributed by atoms with Gasteiger partial charge in [0.25, 0.3) is 5.91 Å². The van der Waals surface area contributed by atoms with Crippen LogP contribution in [0.25, 0.3) is 0 Å². The lowest BCUT2D eigenvalue weighted by atomic mass is 10.2. The lowest BCUT2D eigenvalue weighted by Gasteiger charge is -2.20. The van der Waals surface area contributed by atoms with Crippen LogP contribution in [-0.4, -0.2) is 28.9 Å². The molecule has 0 unspecified atom stereocenters. The van der Waals surface area contributed by atoms with E-state index in [1.54, 1.807) is 40.4 Å². The van der Waals surface area contributed by atoms with E-state index in [0.29, 0.717) is 47.7 Å². The summed E-state index contributed by atoms with van der Waals surface area (Å²) in [6.07, 6.45) is 1.65. The number of nitrogens with one attached hydrogen (secondary N) is 1. The first-order valence-corrected chi connectivity index (χ1v) is 8.91. The van der Waals surface area contributed by atoms with Crippen molar-refractivity contribution in [2.75, 3.05) is 18.5 Å². The Balaban J connectivity index is 1.55. The summed E-state index contributed by atoms with van der Waals surface area (Å²) in [5, 5.41) is 9.49. The molecule has 0 fully saturated rings. The Labute approximate surface area is 152 Å². The third-order valence-electron chi connectivity index (χ3n) is 3.70. The summed E-state index contributed by atoms with van der Waals surface area (Å²) in [6, 6.07) is 8.97. The number of nitrogens with zero attached hydrogens (tertiary/aromatic N) is 2. The number of carbonyl (C=O) groups is 1. The van der Waals surface area contributed by atoms with E-state index in [1.165, 1.54) is 0 Å². The molecule has 0 spiro atoms. The number of rotatable bonds is 4. The Bertz CT molecular complexity index is 908. The highest BCUT2D eigenvalue weighted by Gasteiger charge is 2.20. The monoisotopic (exact) mass is 375 g/mol. The molecule has 1 aromatic carbocycles. The van der Waals surface area contributed by atoms with Gasteiger partial charge in [-0.25, -0.2) is 4.68 Å². The predicted molar refractivity (Wildman–Crippen MR) is 96.0 cm³/mol. The quantitative estimate of drug-likeness (QED) is 0.755. The fourth-order valence-electron chi connectivity index (χ4n) is 2.55. The summed E-state index contributed by atoms with van der Waals surface area (Å²) >= 11 is 7.84. The van der Waals surface area contributed by atoms with Crippen LogP contribution in [0.3, 0.4) is 0 Å². The molecule has 0 saturated heterocycles. The minimum absolute atomic E-state index is 0.285. The SMILES string of the molecule is O=C(Nc1ccnn1Cc1cccs1)c1cc(Cl)c2c(c1)OCCO2. The minimum atomic E-state index is -0.285. The van der Waals surface area contributed by atoms with Gasteiger partial charge in [-0.3, -0.25) is 4.79 Å². The van der Waals surface area contributed by atoms with Gasteiger partial charge in [-0.05, 0) is 23.6 Å². The van der Waals surface area contributed by atoms with Crippen LogP contribution in [0, 0.1) is 0 Å². The van der Waals surface area contributed by atoms with Gasteiger partial charge in [-0.2, -0.15) is 5.10 Å². The molecule has 6 nitrogen and oxygen atoms in total. The van der Waals surface area contributed by atoms with Crippen LogP contribution in [0.5, 0.6) is 11.5 Å². The number of fused-ring (bicyclic) bond motifs is 1. The van der Waals surface area contributed by atoms with Crippen molar-refractivity contribution in [3.63, 3.8) is 0 Å². The number of aromatic nitrogens is 2. The normalized spacial score (nSPS) is 12.8. The Morgan fingerprint density at radius 2 is 2.20 bits per heavy atom. The second-order valence-electron chi connectivity index (χ2n) is 5.39. The first kappa shape index (κ1) is 16.0. The molecule has 4 rings (SSSR count). The van der Waals surface area contributed by atoms with Gasteiger partial charge in [0.05, 0.1) is 17.8 Å². The van der Waals surface area contributed by atoms with E-state index in [4.69, 9.17) is 21.1 Å². The van der Waals surface area contributed by atoms with Crippen molar-refractivity contribution in [3.8, 4) is 11.5 Å². The molecule has 2 aromatic heterocycles. The van der Waals surface area contributed by atoms with Gasteiger partial charge in [0.1, 0.15) is 19.0 Å². The summed E-state index contributed by atoms with van der Waals surface area (Å²) in [4.78, 5) is 13.8. The number of ether oxygens (including phenoxy) is 2. The van der Waals surface area contributed by atoms with Crippen LogP contribution >= 0.6 is 22.9 Å². The maximum atomic E-state index is 12.6. The molecule has 8 heteroatoms. The highest BCUT2D eigenvalue weighted by Crippen LogP contribution is 2.38. The Kier molecular flexibility index (Phi) is 4.33. The molecule has 1 aliphatic rings. The molecule has 1 aliphatic heterocycles. The van der Waals surface area contributed by atoms with Crippen molar-refractivity contribution in [2.45, 2.75) is 6.54 Å². The fourth-order valence-corrected chi connectivity index (χ4v) is 3.50. The summed E-state index contributed by atoms with van der Waals surface area (Å²) < 4.78 is 12.7. The molecule has 25 heavy (non-hydrogen) atoms. The summed E-state index contributed by atoms with van der Waals surface area (Å²) in [5.41, 5.74) is 0.401. The first-order chi connectivity index (χ1) is 12.2. The van der Waals surface area contributed by atoms with Crippen molar-refractivity contribution in [1.29, 1.82) is 0 Å². The summed E-state index contributed by atoms with van der Waals surface area (Å²) in [6.45, 7) is 1.48. The van der Waals surface area contributed by atoms with Crippen LogP contribution in [0.2, 0.25) is 5.02 Å². The molecule has 1 N–H and O–H groups in total. The third-order valence-corrected chi connectivity index (χ3v) is 4.84. The molecule has 0 aliphatic carbocycles. The highest BCUT2D eigenvalue weighted by atomic mass is 35.5. The van der Waals surface area contributed by atoms with Crippen LogP contribution in [0.4, 0.5) is 5.82 Å². The zero-order valence-corrected chi connectivity index (χ0v) is 14.6. The van der Waals surface area contributed by atoms with Gasteiger partial charge < -0.3 is 14.8 Å². The number of thiophene rings is 1. The summed E-state index contributed by atoms with van der Waals surface area (Å²) in [7, 11) is 0. The molecule has 0 saturated carbocycles. The van der Waals surface area contributed by atoms with E-state index in [0.717, 1.165) is 4.88 Å². The van der Waals surface area contributed by atoms with E-state index in [1.807, 2.05) is 17.5 Å². The predicted octanol–water partition coefficient (Wildman–Crippen LogP) is 3.67. The highest BCUT2D eigenvalue weighted by molar-refractivity contribution is 7.09. The zero-order chi connectivity index (χ0) is 17.2. The van der Waals surface area contributed by atoms with Crippen molar-refractivity contribution in [3.05, 3.63) is 57.4 Å². The molecule has 3 aromatic rings. The molecule has 3 heterocycles. The molecule has 0 radical (unpaired) electrons. The Hall–Kier alpha value is -2.51. The van der Waals surface area contributed by atoms with Crippen molar-refractivity contribution >= 4 is 34.7 Å². The minimum Gasteiger partial charge on any atom is -0.486 e. The second-order valence-corrected chi connectivity index (χ2v) is 6.83. The molecular weight excluding hydrogens is 362 g/mol. The zero-order valence-electron chi connectivity index (χ0n) is 13.1. The number of carbonyl (C=O) groups excluding carboxylic acids is 1. The topological polar surface area (TPSA) is 65.4 Å². The van der Waals surface area contributed by atoms with Crippen LogP contribution in [0.1, 0.15) is 15.2 Å². The van der Waals surface area contributed by atoms with E-state index >= 15 is 0 Å². The standard InChI is InChI=1S/C17H14ClN3O3S/c18-13-8-11(9-14-16(13)24-6-5-23-14)17(22)20-15-3-4-19-21(15)10-12-2-1-7-25-12/h1-4,7-9H,5-6,10H2,(H,20,22). The van der Waals surface area contributed by atoms with Crippen LogP contribution < -0.4 is 14.8 Å². The third kappa shape index (κ3) is 3.33. The largest absolute Gasteiger partial charge is 0.486 e. The van der Waals surface area contributed by atoms with E-state index < -0.39 is 0 Å². The fraction of sp³-hybridized carbons (Fsp3) is 0.176. The van der Waals surface area contributed by atoms with Gasteiger partial charge in [-0.15, -0.1) is 11.3 Å². The number of anilines is 1. The summed E-state index contributed by atoms with van der Waals surface area (Å²) in [5.74, 6) is 1.29. The number of amides is 1. The van der Waals surface area contributed by atoms with E-state index in [9.17, 15) is 4.79 Å². The lowest BCUT2D eigenvalue weighted by molar-refractivity contribution is 0.102. The molecule has 1 amide bonds. The number of halogens is 1. The van der Waals surface area contributed by atoms with Gasteiger partial charge in [-0.1, -0.05) is 17.7 Å². The van der Waals surface area contributed by atoms with Crippen molar-refractivity contribution < 1.29 is 14.3 Å². The Morgan fingerprint density at radius 3 is 3.04 bits per heavy atom. The lowest BCUT2D eigenvalue weighted by Crippen LogP contribution is -2.19. The van der Waals surface area contributed by atoms with Crippen LogP contribution in [0.15, 0.2) is 41.9 Å². The number of hydrogen-bond acceptors (Lipinski definition) is 5. The van der Waals surface area contributed by atoms with Crippen LogP contribution in [-0.2, 0) is 6.54 Å². The number of benzene rings is 1. The molecule has 0 bridgehead atoms. The van der Waals surface area contributed by atoms with E-state index in [2.05, 4.69) is 10.4 Å². The van der Waals surface area contributed by atoms with Gasteiger partial charge in [0, 0.05) is 16.5 Å². The molecule has 128 valence electrons. The van der Waals surface area contributed by atoms with Gasteiger partial charge in [0.15, 0.2) is 11.5 Å². The number of hydrogen-bond donors (Lipinski definition) is 1. The average molecular weight is 376 g/mol. The molecular formula is C17H14ClN3O3S. The Morgan fingerprint density at radius 1 is 1.32 bits per heavy atom. The van der Waals surface area contributed by atoms with Crippen molar-refractivity contribution in [1.82, 2.24) is 9.78 Å². The van der Waals surface area contributed by atoms with Crippen molar-refractivity contribution in [2.24, 2.45) is 0 Å². The smallest absolute Gasteiger partial charge is 0.257 e. The first-order valence-electron chi connectivity index (χ1n) is 7.65. The molecule has 0 atom stereocenters. The van der Waals surface area contributed by atoms with Gasteiger partial charge in [0.2, 0.25) is 0 Å². The maximum absolute atomic E-state index is 12.6.